The Morgan fingerprint density at radius 3 is 2.38 bits per heavy atom. The van der Waals surface area contributed by atoms with Crippen LogP contribution < -0.4 is 5.32 Å². The van der Waals surface area contributed by atoms with Crippen LogP contribution in [0, 0.1) is 6.92 Å². The lowest BCUT2D eigenvalue weighted by molar-refractivity contribution is -0.161. The molecule has 0 aliphatic carbocycles. The van der Waals surface area contributed by atoms with Gasteiger partial charge in [0.2, 0.25) is 11.8 Å². The fourth-order valence-electron chi connectivity index (χ4n) is 4.61. The maximum absolute atomic E-state index is 14.0. The van der Waals surface area contributed by atoms with E-state index in [-0.39, 0.29) is 31.9 Å². The molecule has 14 heteroatoms. The molecule has 0 radical (unpaired) electrons. The van der Waals surface area contributed by atoms with E-state index in [1.54, 1.807) is 37.3 Å². The van der Waals surface area contributed by atoms with Gasteiger partial charge in [0.15, 0.2) is 6.61 Å². The van der Waals surface area contributed by atoms with Crippen LogP contribution in [-0.2, 0) is 51.2 Å². The van der Waals surface area contributed by atoms with Crippen molar-refractivity contribution in [2.45, 2.75) is 38.5 Å². The average molecular weight is 627 g/mol. The number of likely N-dealkylation sites (N-methyl/N-ethyl adjacent to an activating group) is 1. The Hall–Kier alpha value is -5.14. The summed E-state index contributed by atoms with van der Waals surface area (Å²) in [6, 6.07) is 10.9. The molecule has 1 aliphatic rings. The molecule has 242 valence electrons. The molecule has 4 amide bonds. The Morgan fingerprint density at radius 1 is 1.02 bits per heavy atom. The van der Waals surface area contributed by atoms with Crippen molar-refractivity contribution < 1.29 is 48.1 Å². The van der Waals surface area contributed by atoms with Gasteiger partial charge in [-0.15, -0.1) is 0 Å². The van der Waals surface area contributed by atoms with Gasteiger partial charge in [0.1, 0.15) is 31.0 Å². The minimum absolute atomic E-state index is 0.0169. The second-order valence-corrected chi connectivity index (χ2v) is 10.6. The summed E-state index contributed by atoms with van der Waals surface area (Å²) in [5, 5.41) is 12.4. The number of carbonyl (C=O) groups excluding carboxylic acids is 6. The number of nitrogens with one attached hydrogen (secondary N) is 1. The summed E-state index contributed by atoms with van der Waals surface area (Å²) < 4.78 is 15.1. The molecule has 0 spiro atoms. The fraction of sp³-hybridized carbons (Fsp3) is 0.419. The lowest BCUT2D eigenvalue weighted by Crippen LogP contribution is -2.63. The van der Waals surface area contributed by atoms with Gasteiger partial charge in [-0.1, -0.05) is 36.4 Å². The quantitative estimate of drug-likeness (QED) is 0.253. The van der Waals surface area contributed by atoms with Crippen LogP contribution in [0.3, 0.4) is 0 Å². The highest BCUT2D eigenvalue weighted by molar-refractivity contribution is 5.95. The largest absolute Gasteiger partial charge is 0.508 e. The predicted octanol–water partition coefficient (Wildman–Crippen LogP) is 0.772. The van der Waals surface area contributed by atoms with Crippen molar-refractivity contribution in [1.29, 1.82) is 0 Å². The van der Waals surface area contributed by atoms with Crippen LogP contribution in [0.15, 0.2) is 48.5 Å². The minimum Gasteiger partial charge on any atom is -0.508 e. The summed E-state index contributed by atoms with van der Waals surface area (Å²) in [6.07, 6.45) is -1.40. The molecule has 2 aromatic rings. The van der Waals surface area contributed by atoms with Gasteiger partial charge in [0.05, 0.1) is 13.5 Å². The van der Waals surface area contributed by atoms with E-state index < -0.39 is 67.4 Å². The molecule has 1 aliphatic heterocycles. The number of aromatic hydroxyl groups is 1. The zero-order chi connectivity index (χ0) is 33.1. The van der Waals surface area contributed by atoms with Crippen LogP contribution in [0.1, 0.15) is 23.1 Å². The third kappa shape index (κ3) is 9.95. The first-order chi connectivity index (χ1) is 21.4. The number of carbonyl (C=O) groups is 6. The lowest BCUT2D eigenvalue weighted by Gasteiger charge is -2.41. The van der Waals surface area contributed by atoms with Crippen LogP contribution in [0.2, 0.25) is 0 Å². The van der Waals surface area contributed by atoms with E-state index in [0.717, 1.165) is 17.6 Å². The van der Waals surface area contributed by atoms with Crippen LogP contribution in [0.25, 0.3) is 0 Å². The lowest BCUT2D eigenvalue weighted by atomic mass is 9.98. The normalized spacial score (nSPS) is 15.1. The van der Waals surface area contributed by atoms with Crippen molar-refractivity contribution in [2.75, 3.05) is 47.4 Å². The maximum Gasteiger partial charge on any atom is 0.408 e. The molecule has 1 fully saturated rings. The van der Waals surface area contributed by atoms with E-state index in [9.17, 15) is 33.9 Å². The number of aryl methyl sites for hydroxylation is 1. The smallest absolute Gasteiger partial charge is 0.408 e. The molecule has 14 nitrogen and oxygen atoms in total. The molecule has 1 saturated heterocycles. The highest BCUT2D eigenvalue weighted by atomic mass is 16.5. The van der Waals surface area contributed by atoms with Crippen molar-refractivity contribution in [1.82, 2.24) is 20.0 Å². The molecule has 2 N–H and O–H groups in total. The first-order valence-electron chi connectivity index (χ1n) is 14.2. The number of benzene rings is 2. The van der Waals surface area contributed by atoms with Crippen LogP contribution >= 0.6 is 0 Å². The molecular formula is C31H38N4O10. The van der Waals surface area contributed by atoms with E-state index >= 15 is 0 Å². The Balaban J connectivity index is 1.81. The Bertz CT molecular complexity index is 1400. The molecule has 2 aromatic carbocycles. The molecule has 1 unspecified atom stereocenters. The highest BCUT2D eigenvalue weighted by Gasteiger charge is 2.42. The van der Waals surface area contributed by atoms with Crippen LogP contribution in [-0.4, -0.2) is 115 Å². The van der Waals surface area contributed by atoms with Crippen molar-refractivity contribution >= 4 is 35.8 Å². The van der Waals surface area contributed by atoms with Gasteiger partial charge < -0.3 is 39.3 Å². The van der Waals surface area contributed by atoms with E-state index in [2.05, 4.69) is 5.32 Å². The molecule has 1 heterocycles. The second kappa shape index (κ2) is 16.1. The zero-order valence-corrected chi connectivity index (χ0v) is 25.7. The number of phenols is 1. The standard InChI is InChI=1S/C31H38N4O10/c1-20-14-23(36)11-10-22(20)15-24(32-31(42)45-18-21-8-6-5-7-9-21)29(40)35-13-12-34(30(41)25(35)16-27(38)43-4)17-28(39)44-19-26(37)33(2)3/h5-11,14,24-25,36H,12-13,15-19H2,1-4H3,(H,32,42)/t24-,25?/m0/s1. The number of rotatable bonds is 12. The Labute approximate surface area is 260 Å². The summed E-state index contributed by atoms with van der Waals surface area (Å²) in [5.74, 6) is -3.40. The number of alkyl carbamates (subject to hydrolysis) is 1. The third-order valence-corrected chi connectivity index (χ3v) is 7.18. The molecule has 3 rings (SSSR count). The van der Waals surface area contributed by atoms with Crippen LogP contribution in [0.4, 0.5) is 4.79 Å². The number of amides is 4. The summed E-state index contributed by atoms with van der Waals surface area (Å²) in [6.45, 7) is 0.514. The van der Waals surface area contributed by atoms with E-state index in [0.29, 0.717) is 11.1 Å². The van der Waals surface area contributed by atoms with Crippen molar-refractivity contribution in [3.8, 4) is 5.75 Å². The summed E-state index contributed by atoms with van der Waals surface area (Å²) >= 11 is 0. The monoisotopic (exact) mass is 626 g/mol. The molecule has 0 saturated carbocycles. The number of phenolic OH excluding ortho intramolecular Hbond substituents is 1. The van der Waals surface area contributed by atoms with Gasteiger partial charge >= 0.3 is 18.0 Å². The van der Waals surface area contributed by atoms with Crippen molar-refractivity contribution in [2.24, 2.45) is 0 Å². The number of piperazine rings is 1. The number of nitrogens with zero attached hydrogens (tertiary/aromatic N) is 3. The number of methoxy groups -OCH3 is 1. The predicted molar refractivity (Wildman–Crippen MR) is 158 cm³/mol. The molecular weight excluding hydrogens is 588 g/mol. The second-order valence-electron chi connectivity index (χ2n) is 10.6. The molecule has 45 heavy (non-hydrogen) atoms. The third-order valence-electron chi connectivity index (χ3n) is 7.18. The van der Waals surface area contributed by atoms with Crippen LogP contribution in [0.5, 0.6) is 5.75 Å². The van der Waals surface area contributed by atoms with Gasteiger partial charge in [0.25, 0.3) is 5.91 Å². The maximum atomic E-state index is 14.0. The zero-order valence-electron chi connectivity index (χ0n) is 25.7. The summed E-state index contributed by atoms with van der Waals surface area (Å²) in [4.78, 5) is 80.5. The Kier molecular flexibility index (Phi) is 12.3. The van der Waals surface area contributed by atoms with E-state index in [4.69, 9.17) is 14.2 Å². The molecule has 0 aromatic heterocycles. The van der Waals surface area contributed by atoms with Crippen molar-refractivity contribution in [3.63, 3.8) is 0 Å². The van der Waals surface area contributed by atoms with Gasteiger partial charge in [-0.3, -0.25) is 24.0 Å². The molecule has 2 atom stereocenters. The van der Waals surface area contributed by atoms with Crippen molar-refractivity contribution in [3.05, 3.63) is 65.2 Å². The summed E-state index contributed by atoms with van der Waals surface area (Å²) in [7, 11) is 4.14. The van der Waals surface area contributed by atoms with E-state index in [1.807, 2.05) is 6.07 Å². The summed E-state index contributed by atoms with van der Waals surface area (Å²) in [5.41, 5.74) is 2.03. The molecule has 0 bridgehead atoms. The van der Waals surface area contributed by atoms with E-state index in [1.165, 1.54) is 36.0 Å². The number of ether oxygens (including phenoxy) is 3. The highest BCUT2D eigenvalue weighted by Crippen LogP contribution is 2.21. The minimum atomic E-state index is -1.35. The van der Waals surface area contributed by atoms with Gasteiger partial charge in [-0.2, -0.15) is 0 Å². The number of hydrogen-bond donors (Lipinski definition) is 2. The van der Waals surface area contributed by atoms with Gasteiger partial charge in [-0.25, -0.2) is 4.79 Å². The number of hydrogen-bond acceptors (Lipinski definition) is 10. The number of esters is 2. The van der Waals surface area contributed by atoms with Gasteiger partial charge in [0, 0.05) is 33.6 Å². The van der Waals surface area contributed by atoms with Gasteiger partial charge in [-0.05, 0) is 35.7 Å². The first-order valence-corrected chi connectivity index (χ1v) is 14.2. The SMILES string of the molecule is COC(=O)CC1C(=O)N(CC(=O)OCC(=O)N(C)C)CCN1C(=O)[C@H](Cc1ccc(O)cc1C)NC(=O)OCc1ccccc1. The topological polar surface area (TPSA) is 172 Å². The Morgan fingerprint density at radius 2 is 1.73 bits per heavy atom. The average Bonchev–Trinajstić information content (AvgIpc) is 3.01. The first kappa shape index (κ1) is 34.4. The fourth-order valence-corrected chi connectivity index (χ4v) is 4.61.